The number of nitrogens with two attached hydrogens (primary N) is 1. The zero-order valence-corrected chi connectivity index (χ0v) is 11.5. The van der Waals surface area contributed by atoms with Crippen LogP contribution < -0.4 is 11.1 Å². The molecule has 0 spiro atoms. The van der Waals surface area contributed by atoms with Crippen molar-refractivity contribution in [3.8, 4) is 0 Å². The molecule has 20 heavy (non-hydrogen) atoms. The lowest BCUT2D eigenvalue weighted by molar-refractivity contribution is -0.126. The van der Waals surface area contributed by atoms with Crippen molar-refractivity contribution in [2.45, 2.75) is 31.8 Å². The first-order chi connectivity index (χ1) is 9.76. The Morgan fingerprint density at radius 3 is 3.25 bits per heavy atom. The third-order valence-electron chi connectivity index (χ3n) is 3.41. The number of nitrogens with zero attached hydrogens (tertiary/aromatic N) is 2. The topological polar surface area (TPSA) is 102 Å². The van der Waals surface area contributed by atoms with Gasteiger partial charge in [0.2, 0.25) is 5.91 Å². The number of nitrogens with one attached hydrogen (secondary N) is 1. The summed E-state index contributed by atoms with van der Waals surface area (Å²) >= 11 is 0. The summed E-state index contributed by atoms with van der Waals surface area (Å²) in [6, 6.07) is -0.0137. The Labute approximate surface area is 118 Å². The highest BCUT2D eigenvalue weighted by molar-refractivity contribution is 5.77. The second kappa shape index (κ2) is 7.37. The molecular weight excluding hydrogens is 260 g/mol. The molecule has 1 unspecified atom stereocenters. The van der Waals surface area contributed by atoms with Crippen molar-refractivity contribution in [3.63, 3.8) is 0 Å². The summed E-state index contributed by atoms with van der Waals surface area (Å²) in [5.41, 5.74) is 7.47. The molecule has 0 aliphatic heterocycles. The zero-order chi connectivity index (χ0) is 14.4. The predicted octanol–water partition coefficient (Wildman–Crippen LogP) is -0.656. The highest BCUT2D eigenvalue weighted by atomic mass is 16.5. The van der Waals surface area contributed by atoms with Gasteiger partial charge in [-0.1, -0.05) is 0 Å². The van der Waals surface area contributed by atoms with Gasteiger partial charge < -0.3 is 20.9 Å². The van der Waals surface area contributed by atoms with Gasteiger partial charge in [0, 0.05) is 17.8 Å². The van der Waals surface area contributed by atoms with Crippen LogP contribution in [-0.2, 0) is 22.5 Å². The fourth-order valence-electron chi connectivity index (χ4n) is 2.54. The van der Waals surface area contributed by atoms with Crippen LogP contribution in [0.5, 0.6) is 0 Å². The Morgan fingerprint density at radius 1 is 1.65 bits per heavy atom. The summed E-state index contributed by atoms with van der Waals surface area (Å²) < 4.78 is 6.94. The summed E-state index contributed by atoms with van der Waals surface area (Å²) in [7, 11) is 0. The van der Waals surface area contributed by atoms with E-state index in [4.69, 9.17) is 15.6 Å². The van der Waals surface area contributed by atoms with Crippen LogP contribution in [0.2, 0.25) is 0 Å². The minimum atomic E-state index is -0.133. The van der Waals surface area contributed by atoms with Crippen LogP contribution in [0.3, 0.4) is 0 Å². The third kappa shape index (κ3) is 3.56. The molecule has 1 amide bonds. The van der Waals surface area contributed by atoms with E-state index < -0.39 is 0 Å². The van der Waals surface area contributed by atoms with Crippen LogP contribution in [0.4, 0.5) is 0 Å². The minimum absolute atomic E-state index is 0.0137. The summed E-state index contributed by atoms with van der Waals surface area (Å²) in [6.45, 7) is 1.40. The molecule has 7 heteroatoms. The smallest absolute Gasteiger partial charge is 0.246 e. The van der Waals surface area contributed by atoms with Crippen molar-refractivity contribution in [2.75, 3.05) is 26.4 Å². The summed E-state index contributed by atoms with van der Waals surface area (Å²) in [4.78, 5) is 11.8. The van der Waals surface area contributed by atoms with Gasteiger partial charge in [-0.05, 0) is 19.3 Å². The number of hydrogen-bond acceptors (Lipinski definition) is 5. The Hall–Kier alpha value is -1.44. The Kier molecular flexibility index (Phi) is 5.51. The first-order valence-electron chi connectivity index (χ1n) is 6.99. The molecule has 2 rings (SSSR count). The quantitative estimate of drug-likeness (QED) is 0.576. The van der Waals surface area contributed by atoms with Gasteiger partial charge in [0.15, 0.2) is 0 Å². The molecule has 0 bridgehead atoms. The summed E-state index contributed by atoms with van der Waals surface area (Å²) in [5, 5.41) is 16.3. The molecule has 1 atom stereocenters. The molecule has 1 aliphatic carbocycles. The molecule has 4 N–H and O–H groups in total. The number of carbonyl (C=O) groups excluding carboxylic acids is 1. The fraction of sp³-hybridized carbons (Fsp3) is 0.692. The lowest BCUT2D eigenvalue weighted by Gasteiger charge is -2.24. The van der Waals surface area contributed by atoms with Crippen molar-refractivity contribution in [1.82, 2.24) is 15.1 Å². The van der Waals surface area contributed by atoms with Crippen LogP contribution in [0.25, 0.3) is 0 Å². The van der Waals surface area contributed by atoms with Gasteiger partial charge in [0.25, 0.3) is 0 Å². The third-order valence-corrected chi connectivity index (χ3v) is 3.41. The molecule has 0 saturated heterocycles. The lowest BCUT2D eigenvalue weighted by Crippen LogP contribution is -2.34. The van der Waals surface area contributed by atoms with E-state index in [1.165, 1.54) is 0 Å². The van der Waals surface area contributed by atoms with Crippen molar-refractivity contribution in [1.29, 1.82) is 0 Å². The Morgan fingerprint density at radius 2 is 2.50 bits per heavy atom. The van der Waals surface area contributed by atoms with Gasteiger partial charge in [-0.15, -0.1) is 0 Å². The molecule has 7 nitrogen and oxygen atoms in total. The van der Waals surface area contributed by atoms with Crippen LogP contribution in [-0.4, -0.2) is 47.2 Å². The summed E-state index contributed by atoms with van der Waals surface area (Å²) in [5.74, 6) is -0.133. The van der Waals surface area contributed by atoms with Gasteiger partial charge in [-0.2, -0.15) is 5.10 Å². The molecule has 0 saturated carbocycles. The van der Waals surface area contributed by atoms with Crippen molar-refractivity contribution in [2.24, 2.45) is 5.73 Å². The average Bonchev–Trinajstić information content (AvgIpc) is 2.84. The lowest BCUT2D eigenvalue weighted by atomic mass is 9.93. The monoisotopic (exact) mass is 282 g/mol. The highest BCUT2D eigenvalue weighted by Crippen LogP contribution is 2.29. The van der Waals surface area contributed by atoms with Gasteiger partial charge in [-0.25, -0.2) is 0 Å². The Balaban J connectivity index is 1.96. The molecule has 112 valence electrons. The van der Waals surface area contributed by atoms with Crippen molar-refractivity contribution >= 4 is 5.91 Å². The van der Waals surface area contributed by atoms with Crippen molar-refractivity contribution < 1.29 is 14.6 Å². The molecule has 1 aliphatic rings. The largest absolute Gasteiger partial charge is 0.394 e. The van der Waals surface area contributed by atoms with E-state index >= 15 is 0 Å². The number of amides is 1. The normalized spacial score (nSPS) is 17.8. The molecule has 0 aromatic carbocycles. The minimum Gasteiger partial charge on any atom is -0.394 e. The number of aromatic nitrogens is 2. The number of carbonyl (C=O) groups is 1. The standard InChI is InChI=1S/C13H22N4O3/c14-4-7-20-9-13(19)16-11-2-1-3-12-10(11)8-15-17(12)5-6-18/h8,11,18H,1-7,9,14H2,(H,16,19). The van der Waals surface area contributed by atoms with Gasteiger partial charge in [0.05, 0.1) is 32.0 Å². The molecular formula is C13H22N4O3. The highest BCUT2D eigenvalue weighted by Gasteiger charge is 2.25. The second-order valence-corrected chi connectivity index (χ2v) is 4.85. The SMILES string of the molecule is NCCOCC(=O)NC1CCCc2c1cnn2CCO. The number of fused-ring (bicyclic) bond motifs is 1. The number of hydrogen-bond donors (Lipinski definition) is 3. The second-order valence-electron chi connectivity index (χ2n) is 4.85. The molecule has 1 aromatic rings. The average molecular weight is 282 g/mol. The number of rotatable bonds is 7. The molecule has 1 aromatic heterocycles. The van der Waals surface area contributed by atoms with Crippen molar-refractivity contribution in [3.05, 3.63) is 17.5 Å². The first kappa shape index (κ1) is 15.0. The van der Waals surface area contributed by atoms with Crippen LogP contribution in [0.15, 0.2) is 6.20 Å². The van der Waals surface area contributed by atoms with E-state index in [2.05, 4.69) is 10.4 Å². The molecule has 0 fully saturated rings. The maximum Gasteiger partial charge on any atom is 0.246 e. The van der Waals surface area contributed by atoms with E-state index in [9.17, 15) is 4.79 Å². The summed E-state index contributed by atoms with van der Waals surface area (Å²) in [6.07, 6.45) is 4.63. The number of aliphatic hydroxyl groups is 1. The van der Waals surface area contributed by atoms with Crippen LogP contribution >= 0.6 is 0 Å². The maximum absolute atomic E-state index is 11.8. The van der Waals surface area contributed by atoms with Gasteiger partial charge in [0.1, 0.15) is 6.61 Å². The number of aliphatic hydroxyl groups excluding tert-OH is 1. The van der Waals surface area contributed by atoms with Crippen LogP contribution in [0.1, 0.15) is 30.1 Å². The fourth-order valence-corrected chi connectivity index (χ4v) is 2.54. The Bertz CT molecular complexity index is 447. The molecule has 1 heterocycles. The van der Waals surface area contributed by atoms with E-state index in [0.717, 1.165) is 30.5 Å². The van der Waals surface area contributed by atoms with Gasteiger partial charge in [-0.3, -0.25) is 9.48 Å². The van der Waals surface area contributed by atoms with E-state index in [1.54, 1.807) is 6.20 Å². The number of ether oxygens (including phenoxy) is 1. The molecule has 0 radical (unpaired) electrons. The van der Waals surface area contributed by atoms with Crippen LogP contribution in [0, 0.1) is 0 Å². The predicted molar refractivity (Wildman–Crippen MR) is 73.0 cm³/mol. The van der Waals surface area contributed by atoms with E-state index in [1.807, 2.05) is 4.68 Å². The van der Waals surface area contributed by atoms with E-state index in [-0.39, 0.29) is 25.2 Å². The maximum atomic E-state index is 11.8. The first-order valence-corrected chi connectivity index (χ1v) is 6.99. The van der Waals surface area contributed by atoms with E-state index in [0.29, 0.717) is 19.7 Å². The van der Waals surface area contributed by atoms with Gasteiger partial charge >= 0.3 is 0 Å². The zero-order valence-electron chi connectivity index (χ0n) is 11.5.